The van der Waals surface area contributed by atoms with Gasteiger partial charge in [0.1, 0.15) is 0 Å². The number of imidazole rings is 1. The molecule has 1 N–H and O–H groups in total. The van der Waals surface area contributed by atoms with Crippen molar-refractivity contribution in [2.45, 2.75) is 25.4 Å². The number of carbonyl (C=O) groups excluding carboxylic acids is 1. The summed E-state index contributed by atoms with van der Waals surface area (Å²) in [6.07, 6.45) is 5.96. The molecule has 0 aliphatic carbocycles. The smallest absolute Gasteiger partial charge is 0.221 e. The Morgan fingerprint density at radius 1 is 0.833 bits per heavy atom. The van der Waals surface area contributed by atoms with E-state index in [1.165, 1.54) is 5.56 Å². The summed E-state index contributed by atoms with van der Waals surface area (Å²) in [5.41, 5.74) is 4.61. The molecule has 0 unspecified atom stereocenters. The first-order valence-corrected chi connectivity index (χ1v) is 10.2. The standard InChI is InChI=1S/C26H25N3O/c30-26(17-25(23-7-3-1-4-8-23)24-9-5-2-6-10-24)28-18-21-11-13-22(14-12-21)19-29-16-15-27-20-29/h1-16,20,25H,17-19H2,(H,28,30). The Morgan fingerprint density at radius 2 is 1.43 bits per heavy atom. The molecule has 1 aromatic heterocycles. The van der Waals surface area contributed by atoms with Crippen molar-refractivity contribution in [2.24, 2.45) is 0 Å². The molecule has 3 aromatic carbocycles. The second kappa shape index (κ2) is 9.70. The van der Waals surface area contributed by atoms with Crippen molar-refractivity contribution in [3.8, 4) is 0 Å². The van der Waals surface area contributed by atoms with E-state index in [1.807, 2.05) is 53.5 Å². The average molecular weight is 396 g/mol. The Labute approximate surface area is 177 Å². The van der Waals surface area contributed by atoms with Crippen molar-refractivity contribution in [3.63, 3.8) is 0 Å². The second-order valence-electron chi connectivity index (χ2n) is 7.41. The van der Waals surface area contributed by atoms with E-state index in [0.717, 1.165) is 23.2 Å². The minimum atomic E-state index is 0.0463. The molecule has 1 amide bonds. The van der Waals surface area contributed by atoms with E-state index in [4.69, 9.17) is 0 Å². The van der Waals surface area contributed by atoms with Gasteiger partial charge in [-0.05, 0) is 22.3 Å². The van der Waals surface area contributed by atoms with E-state index in [2.05, 4.69) is 58.8 Å². The molecule has 4 nitrogen and oxygen atoms in total. The fourth-order valence-electron chi connectivity index (χ4n) is 3.61. The van der Waals surface area contributed by atoms with E-state index in [0.29, 0.717) is 13.0 Å². The highest BCUT2D eigenvalue weighted by Crippen LogP contribution is 2.27. The maximum atomic E-state index is 12.7. The van der Waals surface area contributed by atoms with Gasteiger partial charge in [-0.2, -0.15) is 0 Å². The Bertz CT molecular complexity index is 1000. The van der Waals surface area contributed by atoms with E-state index >= 15 is 0 Å². The molecule has 0 bridgehead atoms. The zero-order chi connectivity index (χ0) is 20.6. The van der Waals surface area contributed by atoms with Crippen LogP contribution in [0, 0.1) is 0 Å². The lowest BCUT2D eigenvalue weighted by Crippen LogP contribution is -2.25. The van der Waals surface area contributed by atoms with Gasteiger partial charge in [-0.1, -0.05) is 84.9 Å². The molecule has 0 saturated heterocycles. The SMILES string of the molecule is O=C(CC(c1ccccc1)c1ccccc1)NCc1ccc(Cn2ccnc2)cc1. The van der Waals surface area contributed by atoms with Crippen molar-refractivity contribution >= 4 is 5.91 Å². The van der Waals surface area contributed by atoms with Crippen molar-refractivity contribution in [1.82, 2.24) is 14.9 Å². The van der Waals surface area contributed by atoms with Gasteiger partial charge < -0.3 is 9.88 Å². The first kappa shape index (κ1) is 19.6. The maximum Gasteiger partial charge on any atom is 0.221 e. The van der Waals surface area contributed by atoms with Crippen molar-refractivity contribution in [3.05, 3.63) is 126 Å². The predicted octanol–water partition coefficient (Wildman–Crippen LogP) is 4.77. The topological polar surface area (TPSA) is 46.9 Å². The number of nitrogens with zero attached hydrogens (tertiary/aromatic N) is 2. The number of nitrogens with one attached hydrogen (secondary N) is 1. The van der Waals surface area contributed by atoms with Crippen LogP contribution in [0.3, 0.4) is 0 Å². The summed E-state index contributed by atoms with van der Waals surface area (Å²) in [6.45, 7) is 1.32. The summed E-state index contributed by atoms with van der Waals surface area (Å²) in [6, 6.07) is 28.8. The zero-order valence-corrected chi connectivity index (χ0v) is 16.8. The predicted molar refractivity (Wildman–Crippen MR) is 119 cm³/mol. The molecule has 4 aromatic rings. The molecular formula is C26H25N3O. The van der Waals surface area contributed by atoms with Crippen LogP contribution in [0.15, 0.2) is 104 Å². The number of hydrogen-bond donors (Lipinski definition) is 1. The van der Waals surface area contributed by atoms with Crippen LogP contribution in [-0.2, 0) is 17.9 Å². The van der Waals surface area contributed by atoms with E-state index in [-0.39, 0.29) is 11.8 Å². The quantitative estimate of drug-likeness (QED) is 0.467. The minimum Gasteiger partial charge on any atom is -0.352 e. The van der Waals surface area contributed by atoms with Crippen LogP contribution >= 0.6 is 0 Å². The molecule has 0 aliphatic heterocycles. The molecule has 4 heteroatoms. The van der Waals surface area contributed by atoms with Gasteiger partial charge in [0, 0.05) is 37.8 Å². The Hall–Kier alpha value is -3.66. The second-order valence-corrected chi connectivity index (χ2v) is 7.41. The van der Waals surface area contributed by atoms with Crippen LogP contribution < -0.4 is 5.32 Å². The molecule has 0 atom stereocenters. The summed E-state index contributed by atoms with van der Waals surface area (Å²) in [5, 5.41) is 3.08. The molecule has 0 fully saturated rings. The molecule has 0 radical (unpaired) electrons. The van der Waals surface area contributed by atoms with Gasteiger partial charge in [-0.25, -0.2) is 4.98 Å². The van der Waals surface area contributed by atoms with Gasteiger partial charge in [0.25, 0.3) is 0 Å². The number of hydrogen-bond acceptors (Lipinski definition) is 2. The third-order valence-corrected chi connectivity index (χ3v) is 5.23. The van der Waals surface area contributed by atoms with Crippen LogP contribution in [0.1, 0.15) is 34.6 Å². The minimum absolute atomic E-state index is 0.0463. The first-order valence-electron chi connectivity index (χ1n) is 10.2. The number of rotatable bonds is 8. The van der Waals surface area contributed by atoms with Gasteiger partial charge in [0.15, 0.2) is 0 Å². The van der Waals surface area contributed by atoms with Crippen molar-refractivity contribution < 1.29 is 4.79 Å². The summed E-state index contributed by atoms with van der Waals surface area (Å²) in [7, 11) is 0. The van der Waals surface area contributed by atoms with E-state index in [1.54, 1.807) is 6.20 Å². The zero-order valence-electron chi connectivity index (χ0n) is 16.8. The number of aromatic nitrogens is 2. The first-order chi connectivity index (χ1) is 14.8. The third kappa shape index (κ3) is 5.23. The molecule has 150 valence electrons. The number of benzene rings is 3. The van der Waals surface area contributed by atoms with Crippen LogP contribution in [0.5, 0.6) is 0 Å². The van der Waals surface area contributed by atoms with Crippen molar-refractivity contribution in [2.75, 3.05) is 0 Å². The van der Waals surface area contributed by atoms with Gasteiger partial charge in [0.2, 0.25) is 5.91 Å². The third-order valence-electron chi connectivity index (χ3n) is 5.23. The largest absolute Gasteiger partial charge is 0.352 e. The Kier molecular flexibility index (Phi) is 6.35. The Balaban J connectivity index is 1.37. The molecule has 1 heterocycles. The summed E-state index contributed by atoms with van der Waals surface area (Å²) < 4.78 is 2.03. The summed E-state index contributed by atoms with van der Waals surface area (Å²) in [4.78, 5) is 16.8. The Morgan fingerprint density at radius 3 is 2.00 bits per heavy atom. The molecular weight excluding hydrogens is 370 g/mol. The molecule has 0 spiro atoms. The highest BCUT2D eigenvalue weighted by molar-refractivity contribution is 5.77. The number of amides is 1. The summed E-state index contributed by atoms with van der Waals surface area (Å²) >= 11 is 0. The van der Waals surface area contributed by atoms with Crippen molar-refractivity contribution in [1.29, 1.82) is 0 Å². The van der Waals surface area contributed by atoms with Crippen LogP contribution in [0.4, 0.5) is 0 Å². The molecule has 4 rings (SSSR count). The van der Waals surface area contributed by atoms with Crippen LogP contribution in [0.2, 0.25) is 0 Å². The van der Waals surface area contributed by atoms with E-state index in [9.17, 15) is 4.79 Å². The fourth-order valence-corrected chi connectivity index (χ4v) is 3.61. The lowest BCUT2D eigenvalue weighted by atomic mass is 9.88. The lowest BCUT2D eigenvalue weighted by molar-refractivity contribution is -0.121. The normalized spacial score (nSPS) is 10.8. The van der Waals surface area contributed by atoms with Crippen LogP contribution in [-0.4, -0.2) is 15.5 Å². The lowest BCUT2D eigenvalue weighted by Gasteiger charge is -2.18. The number of carbonyl (C=O) groups is 1. The highest BCUT2D eigenvalue weighted by atomic mass is 16.1. The van der Waals surface area contributed by atoms with Gasteiger partial charge in [0.05, 0.1) is 6.33 Å². The highest BCUT2D eigenvalue weighted by Gasteiger charge is 2.17. The monoisotopic (exact) mass is 395 g/mol. The average Bonchev–Trinajstić information content (AvgIpc) is 3.31. The fraction of sp³-hybridized carbons (Fsp3) is 0.154. The summed E-state index contributed by atoms with van der Waals surface area (Å²) in [5.74, 6) is 0.0974. The van der Waals surface area contributed by atoms with Gasteiger partial charge >= 0.3 is 0 Å². The van der Waals surface area contributed by atoms with E-state index < -0.39 is 0 Å². The molecule has 0 saturated carbocycles. The van der Waals surface area contributed by atoms with Crippen LogP contribution in [0.25, 0.3) is 0 Å². The van der Waals surface area contributed by atoms with Gasteiger partial charge in [-0.15, -0.1) is 0 Å². The molecule has 30 heavy (non-hydrogen) atoms. The molecule has 0 aliphatic rings. The van der Waals surface area contributed by atoms with Gasteiger partial charge in [-0.3, -0.25) is 4.79 Å². The maximum absolute atomic E-state index is 12.7.